The van der Waals surface area contributed by atoms with Crippen LogP contribution in [0.2, 0.25) is 0 Å². The Balaban J connectivity index is 1.50. The van der Waals surface area contributed by atoms with E-state index in [1.54, 1.807) is 30.9 Å². The molecular weight excluding hydrogens is 421 g/mol. The summed E-state index contributed by atoms with van der Waals surface area (Å²) in [5.41, 5.74) is 5.80. The van der Waals surface area contributed by atoms with Gasteiger partial charge in [0.05, 0.1) is 30.0 Å². The number of imidazole rings is 1. The van der Waals surface area contributed by atoms with Crippen molar-refractivity contribution >= 4 is 22.1 Å². The van der Waals surface area contributed by atoms with Crippen molar-refractivity contribution in [3.63, 3.8) is 0 Å². The quantitative estimate of drug-likeness (QED) is 0.411. The molecule has 0 fully saturated rings. The highest BCUT2D eigenvalue weighted by Crippen LogP contribution is 2.33. The minimum Gasteiger partial charge on any atom is -0.497 e. The van der Waals surface area contributed by atoms with Gasteiger partial charge in [-0.15, -0.1) is 0 Å². The van der Waals surface area contributed by atoms with Crippen LogP contribution in [0.4, 0.5) is 4.39 Å². The molecule has 0 unspecified atom stereocenters. The molecule has 2 N–H and O–H groups in total. The molecule has 2 aromatic carbocycles. The Bertz CT molecular complexity index is 1620. The second-order valence-electron chi connectivity index (χ2n) is 7.45. The Morgan fingerprint density at radius 2 is 1.88 bits per heavy atom. The van der Waals surface area contributed by atoms with E-state index in [4.69, 9.17) is 4.74 Å². The highest BCUT2D eigenvalue weighted by molar-refractivity contribution is 5.97. The second-order valence-corrected chi connectivity index (χ2v) is 7.45. The largest absolute Gasteiger partial charge is 0.497 e. The Morgan fingerprint density at radius 3 is 2.73 bits per heavy atom. The molecule has 0 radical (unpaired) electrons. The number of benzene rings is 2. The molecule has 6 aromatic rings. The summed E-state index contributed by atoms with van der Waals surface area (Å²) in [4.78, 5) is 20.9. The first-order valence-electron chi connectivity index (χ1n) is 10.1. The van der Waals surface area contributed by atoms with E-state index in [9.17, 15) is 4.39 Å². The van der Waals surface area contributed by atoms with E-state index in [2.05, 4.69) is 35.1 Å². The molecule has 0 saturated carbocycles. The fourth-order valence-electron chi connectivity index (χ4n) is 3.90. The molecule has 0 aliphatic carbocycles. The fraction of sp³-hybridized carbons (Fsp3) is 0.0417. The van der Waals surface area contributed by atoms with E-state index in [-0.39, 0.29) is 5.82 Å². The Labute approximate surface area is 186 Å². The van der Waals surface area contributed by atoms with Gasteiger partial charge < -0.3 is 9.72 Å². The highest BCUT2D eigenvalue weighted by Gasteiger charge is 2.17. The maximum absolute atomic E-state index is 14.1. The van der Waals surface area contributed by atoms with Gasteiger partial charge in [0.1, 0.15) is 17.3 Å². The maximum Gasteiger partial charge on any atom is 0.178 e. The van der Waals surface area contributed by atoms with Gasteiger partial charge in [-0.05, 0) is 35.9 Å². The van der Waals surface area contributed by atoms with Crippen LogP contribution in [0.25, 0.3) is 56.0 Å². The number of nitrogens with zero attached hydrogens (tertiary/aromatic N) is 5. The predicted molar refractivity (Wildman–Crippen MR) is 122 cm³/mol. The summed E-state index contributed by atoms with van der Waals surface area (Å²) < 4.78 is 19.4. The van der Waals surface area contributed by atoms with E-state index in [0.29, 0.717) is 34.0 Å². The molecule has 0 spiro atoms. The van der Waals surface area contributed by atoms with E-state index < -0.39 is 0 Å². The molecule has 9 heteroatoms. The van der Waals surface area contributed by atoms with Gasteiger partial charge in [-0.1, -0.05) is 6.07 Å². The lowest BCUT2D eigenvalue weighted by Gasteiger charge is -2.06. The predicted octanol–water partition coefficient (Wildman–Crippen LogP) is 4.77. The number of H-pyrrole nitrogens is 2. The zero-order chi connectivity index (χ0) is 22.4. The van der Waals surface area contributed by atoms with Crippen molar-refractivity contribution < 1.29 is 9.13 Å². The van der Waals surface area contributed by atoms with E-state index in [1.807, 2.05) is 24.3 Å². The third-order valence-corrected chi connectivity index (χ3v) is 5.46. The molecule has 0 atom stereocenters. The van der Waals surface area contributed by atoms with E-state index in [0.717, 1.165) is 27.7 Å². The minimum absolute atomic E-state index is 0.385. The van der Waals surface area contributed by atoms with Gasteiger partial charge in [0, 0.05) is 41.2 Å². The molecule has 0 amide bonds. The molecule has 160 valence electrons. The van der Waals surface area contributed by atoms with Crippen LogP contribution in [-0.2, 0) is 0 Å². The number of rotatable bonds is 4. The Hall–Kier alpha value is -4.66. The Morgan fingerprint density at radius 1 is 0.939 bits per heavy atom. The van der Waals surface area contributed by atoms with Gasteiger partial charge in [0.25, 0.3) is 0 Å². The number of halogens is 1. The van der Waals surface area contributed by atoms with Crippen LogP contribution in [0.15, 0.2) is 67.3 Å². The second kappa shape index (κ2) is 7.49. The van der Waals surface area contributed by atoms with Gasteiger partial charge in [0.15, 0.2) is 11.5 Å². The lowest BCUT2D eigenvalue weighted by Crippen LogP contribution is -1.88. The molecule has 8 nitrogen and oxygen atoms in total. The molecule has 0 aliphatic heterocycles. The van der Waals surface area contributed by atoms with E-state index in [1.165, 1.54) is 19.2 Å². The summed E-state index contributed by atoms with van der Waals surface area (Å²) in [7, 11) is 1.51. The topological polar surface area (TPSA) is 105 Å². The van der Waals surface area contributed by atoms with Crippen molar-refractivity contribution in [2.45, 2.75) is 0 Å². The van der Waals surface area contributed by atoms with Gasteiger partial charge in [-0.25, -0.2) is 14.4 Å². The van der Waals surface area contributed by atoms with Gasteiger partial charge in [-0.3, -0.25) is 15.1 Å². The first-order chi connectivity index (χ1) is 16.2. The fourth-order valence-corrected chi connectivity index (χ4v) is 3.90. The summed E-state index contributed by atoms with van der Waals surface area (Å²) in [5, 5.41) is 8.40. The average Bonchev–Trinajstić information content (AvgIpc) is 3.47. The number of hydrogen-bond donors (Lipinski definition) is 2. The smallest absolute Gasteiger partial charge is 0.178 e. The number of pyridine rings is 1. The van der Waals surface area contributed by atoms with Crippen molar-refractivity contribution in [2.24, 2.45) is 0 Å². The summed E-state index contributed by atoms with van der Waals surface area (Å²) in [6.07, 6.45) is 6.65. The third-order valence-electron chi connectivity index (χ3n) is 5.46. The average molecular weight is 437 g/mol. The molecule has 33 heavy (non-hydrogen) atoms. The summed E-state index contributed by atoms with van der Waals surface area (Å²) in [6.45, 7) is 0. The van der Waals surface area contributed by atoms with Crippen molar-refractivity contribution in [3.8, 4) is 39.7 Å². The SMILES string of the molecule is COc1cc(F)cc(-c2ccnc3nc(-c4n[nH]c5ccc(-c6cnccn6)cc45)[nH]c23)c1. The molecule has 0 aliphatic rings. The number of aromatic amines is 2. The summed E-state index contributed by atoms with van der Waals surface area (Å²) in [5.74, 6) is 0.601. The number of ether oxygens (including phenoxy) is 1. The lowest BCUT2D eigenvalue weighted by molar-refractivity contribution is 0.411. The number of methoxy groups -OCH3 is 1. The van der Waals surface area contributed by atoms with Crippen LogP contribution in [-0.4, -0.2) is 42.2 Å². The molecular formula is C24H16FN7O. The van der Waals surface area contributed by atoms with Gasteiger partial charge in [0.2, 0.25) is 0 Å². The van der Waals surface area contributed by atoms with Crippen LogP contribution in [0.3, 0.4) is 0 Å². The van der Waals surface area contributed by atoms with Crippen LogP contribution in [0, 0.1) is 5.82 Å². The zero-order valence-electron chi connectivity index (χ0n) is 17.4. The van der Waals surface area contributed by atoms with Crippen LogP contribution in [0.5, 0.6) is 5.75 Å². The number of aromatic nitrogens is 7. The van der Waals surface area contributed by atoms with Crippen molar-refractivity contribution in [1.29, 1.82) is 0 Å². The zero-order valence-corrected chi connectivity index (χ0v) is 17.4. The molecule has 4 aromatic heterocycles. The molecule has 0 saturated heterocycles. The monoisotopic (exact) mass is 437 g/mol. The van der Waals surface area contributed by atoms with Gasteiger partial charge >= 0.3 is 0 Å². The molecule has 6 rings (SSSR count). The Kier molecular flexibility index (Phi) is 4.32. The summed E-state index contributed by atoms with van der Waals surface area (Å²) >= 11 is 0. The van der Waals surface area contributed by atoms with Crippen LogP contribution < -0.4 is 4.74 Å². The van der Waals surface area contributed by atoms with Gasteiger partial charge in [-0.2, -0.15) is 5.10 Å². The van der Waals surface area contributed by atoms with Crippen LogP contribution in [0.1, 0.15) is 0 Å². The maximum atomic E-state index is 14.1. The lowest BCUT2D eigenvalue weighted by atomic mass is 10.1. The van der Waals surface area contributed by atoms with Crippen molar-refractivity contribution in [2.75, 3.05) is 7.11 Å². The number of hydrogen-bond acceptors (Lipinski definition) is 6. The number of nitrogens with one attached hydrogen (secondary N) is 2. The molecule has 4 heterocycles. The highest BCUT2D eigenvalue weighted by atomic mass is 19.1. The third kappa shape index (κ3) is 3.26. The molecule has 0 bridgehead atoms. The van der Waals surface area contributed by atoms with E-state index >= 15 is 0 Å². The van der Waals surface area contributed by atoms with Crippen molar-refractivity contribution in [1.82, 2.24) is 35.1 Å². The normalized spacial score (nSPS) is 11.3. The first-order valence-corrected chi connectivity index (χ1v) is 10.1. The van der Waals surface area contributed by atoms with Crippen molar-refractivity contribution in [3.05, 3.63) is 73.1 Å². The number of fused-ring (bicyclic) bond motifs is 2. The minimum atomic E-state index is -0.385. The standard InChI is InChI=1S/C24H16FN7O/c1-33-16-9-14(8-15(25)11-16)17-4-5-28-23-21(17)29-24(30-23)22-18-10-13(2-3-19(18)31-32-22)20-12-26-6-7-27-20/h2-12H,1H3,(H,31,32)(H,28,29,30). The van der Waals surface area contributed by atoms with Crippen LogP contribution >= 0.6 is 0 Å². The first kappa shape index (κ1) is 19.1. The summed E-state index contributed by atoms with van der Waals surface area (Å²) in [6, 6.07) is 12.3.